The third-order valence-corrected chi connectivity index (χ3v) is 4.73. The highest BCUT2D eigenvalue weighted by atomic mass is 16.2. The van der Waals surface area contributed by atoms with Gasteiger partial charge in [0.15, 0.2) is 0 Å². The predicted octanol–water partition coefficient (Wildman–Crippen LogP) is 1.16. The van der Waals surface area contributed by atoms with Crippen LogP contribution in [-0.4, -0.2) is 52.1 Å². The fraction of sp³-hybridized carbons (Fsp3) is 0.706. The Morgan fingerprint density at radius 1 is 1.29 bits per heavy atom. The standard InChI is InChI=1S/C17H27N5O2/c1-20(2)11-14-10-16(23)22-9-5-8-21(12-15(22)18-14)17(24)19-13-6-3-4-7-13/h10,13H,3-9,11-12H2,1-2H3,(H,19,24). The number of rotatable bonds is 3. The molecule has 1 aromatic heterocycles. The molecule has 0 saturated heterocycles. The Hall–Kier alpha value is -1.89. The van der Waals surface area contributed by atoms with E-state index in [0.717, 1.165) is 25.0 Å². The van der Waals surface area contributed by atoms with Crippen LogP contribution in [-0.2, 0) is 19.6 Å². The molecular formula is C17H27N5O2. The van der Waals surface area contributed by atoms with Crippen molar-refractivity contribution in [2.45, 2.75) is 57.8 Å². The number of hydrogen-bond acceptors (Lipinski definition) is 4. The maximum Gasteiger partial charge on any atom is 0.318 e. The average molecular weight is 333 g/mol. The van der Waals surface area contributed by atoms with E-state index in [2.05, 4.69) is 10.3 Å². The molecule has 24 heavy (non-hydrogen) atoms. The molecular weight excluding hydrogens is 306 g/mol. The first-order valence-corrected chi connectivity index (χ1v) is 8.83. The molecule has 2 amide bonds. The zero-order valence-corrected chi connectivity index (χ0v) is 14.6. The molecule has 2 heterocycles. The number of hydrogen-bond donors (Lipinski definition) is 1. The number of nitrogens with one attached hydrogen (secondary N) is 1. The van der Waals surface area contributed by atoms with Crippen LogP contribution in [0.1, 0.15) is 43.6 Å². The van der Waals surface area contributed by atoms with Crippen molar-refractivity contribution in [3.05, 3.63) is 27.9 Å². The van der Waals surface area contributed by atoms with Crippen molar-refractivity contribution in [3.8, 4) is 0 Å². The molecule has 132 valence electrons. The monoisotopic (exact) mass is 333 g/mol. The summed E-state index contributed by atoms with van der Waals surface area (Å²) in [5.41, 5.74) is 0.740. The van der Waals surface area contributed by atoms with Gasteiger partial charge in [0.05, 0.1) is 12.2 Å². The molecule has 0 radical (unpaired) electrons. The second-order valence-corrected chi connectivity index (χ2v) is 7.10. The van der Waals surface area contributed by atoms with Gasteiger partial charge in [0.1, 0.15) is 5.82 Å². The summed E-state index contributed by atoms with van der Waals surface area (Å²) in [6, 6.07) is 1.89. The lowest BCUT2D eigenvalue weighted by Crippen LogP contribution is -2.44. The number of amides is 2. The second-order valence-electron chi connectivity index (χ2n) is 7.10. The van der Waals surface area contributed by atoms with E-state index >= 15 is 0 Å². The zero-order chi connectivity index (χ0) is 17.1. The summed E-state index contributed by atoms with van der Waals surface area (Å²) in [5, 5.41) is 3.13. The van der Waals surface area contributed by atoms with Crippen molar-refractivity contribution in [1.29, 1.82) is 0 Å². The molecule has 1 N–H and O–H groups in total. The molecule has 2 aliphatic rings. The van der Waals surface area contributed by atoms with E-state index in [0.29, 0.717) is 38.0 Å². The predicted molar refractivity (Wildman–Crippen MR) is 91.7 cm³/mol. The van der Waals surface area contributed by atoms with E-state index in [1.54, 1.807) is 15.5 Å². The van der Waals surface area contributed by atoms with Gasteiger partial charge in [-0.2, -0.15) is 0 Å². The van der Waals surface area contributed by atoms with Crippen LogP contribution in [0.3, 0.4) is 0 Å². The van der Waals surface area contributed by atoms with E-state index in [1.807, 2.05) is 19.0 Å². The van der Waals surface area contributed by atoms with Gasteiger partial charge in [-0.15, -0.1) is 0 Å². The van der Waals surface area contributed by atoms with Crippen molar-refractivity contribution >= 4 is 6.03 Å². The summed E-state index contributed by atoms with van der Waals surface area (Å²) in [4.78, 5) is 33.3. The van der Waals surface area contributed by atoms with Gasteiger partial charge < -0.3 is 15.1 Å². The van der Waals surface area contributed by atoms with Crippen LogP contribution in [0.5, 0.6) is 0 Å². The fourth-order valence-electron chi connectivity index (χ4n) is 3.55. The molecule has 0 bridgehead atoms. The summed E-state index contributed by atoms with van der Waals surface area (Å²) in [6.07, 6.45) is 5.30. The van der Waals surface area contributed by atoms with Gasteiger partial charge in [-0.3, -0.25) is 9.36 Å². The lowest BCUT2D eigenvalue weighted by Gasteiger charge is -2.23. The summed E-state index contributed by atoms with van der Waals surface area (Å²) in [5.74, 6) is 0.693. The van der Waals surface area contributed by atoms with E-state index in [9.17, 15) is 9.59 Å². The van der Waals surface area contributed by atoms with Gasteiger partial charge in [-0.05, 0) is 33.4 Å². The van der Waals surface area contributed by atoms with E-state index in [4.69, 9.17) is 0 Å². The van der Waals surface area contributed by atoms with Gasteiger partial charge in [-0.25, -0.2) is 9.78 Å². The summed E-state index contributed by atoms with van der Waals surface area (Å²) in [6.45, 7) is 2.30. The Kier molecular flexibility index (Phi) is 5.18. The highest BCUT2D eigenvalue weighted by molar-refractivity contribution is 5.74. The third kappa shape index (κ3) is 3.95. The largest absolute Gasteiger partial charge is 0.335 e. The fourth-order valence-corrected chi connectivity index (χ4v) is 3.55. The number of nitrogens with zero attached hydrogens (tertiary/aromatic N) is 4. The SMILES string of the molecule is CN(C)Cc1cc(=O)n2c(n1)CN(C(=O)NC1CCCC1)CCC2. The minimum atomic E-state index is -0.0254. The zero-order valence-electron chi connectivity index (χ0n) is 14.6. The molecule has 0 aromatic carbocycles. The lowest BCUT2D eigenvalue weighted by atomic mass is 10.2. The summed E-state index contributed by atoms with van der Waals surface area (Å²) in [7, 11) is 3.90. The van der Waals surface area contributed by atoms with Gasteiger partial charge in [-0.1, -0.05) is 12.8 Å². The summed E-state index contributed by atoms with van der Waals surface area (Å²) >= 11 is 0. The molecule has 7 heteroatoms. The number of carbonyl (C=O) groups excluding carboxylic acids is 1. The first-order valence-electron chi connectivity index (χ1n) is 8.83. The highest BCUT2D eigenvalue weighted by Crippen LogP contribution is 2.18. The Labute approximate surface area is 142 Å². The second kappa shape index (κ2) is 7.34. The molecule has 7 nitrogen and oxygen atoms in total. The van der Waals surface area contributed by atoms with Crippen LogP contribution >= 0.6 is 0 Å². The van der Waals surface area contributed by atoms with Gasteiger partial charge >= 0.3 is 6.03 Å². The number of aromatic nitrogens is 2. The topological polar surface area (TPSA) is 70.5 Å². The van der Waals surface area contributed by atoms with Crippen molar-refractivity contribution < 1.29 is 4.79 Å². The van der Waals surface area contributed by atoms with Crippen LogP contribution in [0.4, 0.5) is 4.79 Å². The molecule has 1 aliphatic carbocycles. The smallest absolute Gasteiger partial charge is 0.318 e. The van der Waals surface area contributed by atoms with E-state index in [1.165, 1.54) is 12.8 Å². The van der Waals surface area contributed by atoms with Gasteiger partial charge in [0.2, 0.25) is 0 Å². The maximum atomic E-state index is 12.6. The molecule has 1 saturated carbocycles. The molecule has 1 aliphatic heterocycles. The van der Waals surface area contributed by atoms with E-state index in [-0.39, 0.29) is 11.6 Å². The number of urea groups is 1. The quantitative estimate of drug-likeness (QED) is 0.901. The van der Waals surface area contributed by atoms with Crippen LogP contribution in [0.2, 0.25) is 0 Å². The first-order chi connectivity index (χ1) is 11.5. The molecule has 0 unspecified atom stereocenters. The van der Waals surface area contributed by atoms with Crippen LogP contribution < -0.4 is 10.9 Å². The van der Waals surface area contributed by atoms with Crippen molar-refractivity contribution in [1.82, 2.24) is 24.7 Å². The van der Waals surface area contributed by atoms with Crippen molar-refractivity contribution in [2.24, 2.45) is 0 Å². The van der Waals surface area contributed by atoms with Crippen molar-refractivity contribution in [2.75, 3.05) is 20.6 Å². The molecule has 0 atom stereocenters. The number of fused-ring (bicyclic) bond motifs is 1. The van der Waals surface area contributed by atoms with Crippen LogP contribution in [0.25, 0.3) is 0 Å². The van der Waals surface area contributed by atoms with Crippen molar-refractivity contribution in [3.63, 3.8) is 0 Å². The van der Waals surface area contributed by atoms with Crippen LogP contribution in [0.15, 0.2) is 10.9 Å². The molecule has 1 fully saturated rings. The minimum absolute atomic E-state index is 0.0186. The lowest BCUT2D eigenvalue weighted by molar-refractivity contribution is 0.191. The molecule has 3 rings (SSSR count). The minimum Gasteiger partial charge on any atom is -0.335 e. The normalized spacial score (nSPS) is 18.5. The van der Waals surface area contributed by atoms with E-state index < -0.39 is 0 Å². The average Bonchev–Trinajstić information content (AvgIpc) is 2.91. The Balaban J connectivity index is 1.76. The third-order valence-electron chi connectivity index (χ3n) is 4.73. The Morgan fingerprint density at radius 3 is 2.75 bits per heavy atom. The molecule has 1 aromatic rings. The Bertz CT molecular complexity index is 649. The summed E-state index contributed by atoms with van der Waals surface area (Å²) < 4.78 is 1.71. The van der Waals surface area contributed by atoms with Gasteiger partial charge in [0, 0.05) is 31.7 Å². The van der Waals surface area contributed by atoms with Gasteiger partial charge in [0.25, 0.3) is 5.56 Å². The first kappa shape index (κ1) is 17.0. The highest BCUT2D eigenvalue weighted by Gasteiger charge is 2.24. The Morgan fingerprint density at radius 2 is 2.04 bits per heavy atom. The molecule has 0 spiro atoms. The maximum absolute atomic E-state index is 12.6. The van der Waals surface area contributed by atoms with Crippen LogP contribution in [0, 0.1) is 0 Å². The number of carbonyl (C=O) groups is 1.